The predicted octanol–water partition coefficient (Wildman–Crippen LogP) is 3.98. The Hall–Kier alpha value is -1.00. The maximum Gasteiger partial charge on any atom is 0.132 e. The van der Waals surface area contributed by atoms with Crippen molar-refractivity contribution in [2.24, 2.45) is 5.92 Å². The van der Waals surface area contributed by atoms with Gasteiger partial charge in [0.1, 0.15) is 17.7 Å². The van der Waals surface area contributed by atoms with E-state index in [0.29, 0.717) is 6.61 Å². The number of halogens is 2. The van der Waals surface area contributed by atoms with Crippen molar-refractivity contribution in [1.29, 1.82) is 0 Å². The molecule has 0 amide bonds. The van der Waals surface area contributed by atoms with Gasteiger partial charge in [-0.05, 0) is 31.7 Å². The van der Waals surface area contributed by atoms with Gasteiger partial charge in [-0.25, -0.2) is 8.78 Å². The lowest BCUT2D eigenvalue weighted by Crippen LogP contribution is -2.32. The van der Waals surface area contributed by atoms with Crippen LogP contribution in [0.25, 0.3) is 0 Å². The molecule has 20 heavy (non-hydrogen) atoms. The normalized spacial score (nSPS) is 19.8. The van der Waals surface area contributed by atoms with Gasteiger partial charge in [0.15, 0.2) is 0 Å². The molecule has 2 nitrogen and oxygen atoms in total. The average molecular weight is 284 g/mol. The zero-order valence-electron chi connectivity index (χ0n) is 11.8. The highest BCUT2D eigenvalue weighted by atomic mass is 19.1. The summed E-state index contributed by atoms with van der Waals surface area (Å²) in [6.45, 7) is 2.34. The van der Waals surface area contributed by atoms with Crippen LogP contribution in [-0.2, 0) is 4.74 Å². The van der Waals surface area contributed by atoms with Crippen LogP contribution in [-0.4, -0.2) is 17.8 Å². The fourth-order valence-corrected chi connectivity index (χ4v) is 3.06. The third-order valence-electron chi connectivity index (χ3n) is 4.07. The summed E-state index contributed by atoms with van der Waals surface area (Å²) in [5.41, 5.74) is 0.121. The fraction of sp³-hybridized carbons (Fsp3) is 0.625. The van der Waals surface area contributed by atoms with Crippen LogP contribution in [0.2, 0.25) is 0 Å². The number of aliphatic hydroxyl groups is 1. The van der Waals surface area contributed by atoms with Crippen LogP contribution >= 0.6 is 0 Å². The Balaban J connectivity index is 2.18. The molecule has 1 fully saturated rings. The van der Waals surface area contributed by atoms with Crippen molar-refractivity contribution in [3.63, 3.8) is 0 Å². The van der Waals surface area contributed by atoms with Crippen LogP contribution in [0.1, 0.15) is 50.7 Å². The molecular formula is C16H22F2O2. The molecule has 1 saturated carbocycles. The number of benzene rings is 1. The van der Waals surface area contributed by atoms with E-state index in [9.17, 15) is 13.9 Å². The predicted molar refractivity (Wildman–Crippen MR) is 73.3 cm³/mol. The lowest BCUT2D eigenvalue weighted by atomic mass is 9.82. The van der Waals surface area contributed by atoms with Gasteiger partial charge in [-0.2, -0.15) is 0 Å². The summed E-state index contributed by atoms with van der Waals surface area (Å²) >= 11 is 0. The molecule has 2 atom stereocenters. The highest BCUT2D eigenvalue weighted by Gasteiger charge is 2.32. The summed E-state index contributed by atoms with van der Waals surface area (Å²) in [6.07, 6.45) is 3.96. The van der Waals surface area contributed by atoms with Crippen LogP contribution in [0.15, 0.2) is 18.2 Å². The van der Waals surface area contributed by atoms with E-state index in [2.05, 4.69) is 0 Å². The molecule has 1 aromatic carbocycles. The zero-order chi connectivity index (χ0) is 14.5. The SMILES string of the molecule is CCOC(C1CCCCC1)C(O)c1ccc(F)cc1F. The van der Waals surface area contributed by atoms with Crippen LogP contribution in [0.5, 0.6) is 0 Å². The Morgan fingerprint density at radius 2 is 1.95 bits per heavy atom. The molecule has 0 spiro atoms. The molecule has 0 saturated heterocycles. The Kier molecular flexibility index (Phi) is 5.49. The van der Waals surface area contributed by atoms with E-state index in [4.69, 9.17) is 4.74 Å². The van der Waals surface area contributed by atoms with Crippen molar-refractivity contribution in [3.8, 4) is 0 Å². The first kappa shape index (κ1) is 15.4. The quantitative estimate of drug-likeness (QED) is 0.886. The minimum absolute atomic E-state index is 0.121. The number of hydrogen-bond acceptors (Lipinski definition) is 2. The van der Waals surface area contributed by atoms with Gasteiger partial charge >= 0.3 is 0 Å². The van der Waals surface area contributed by atoms with Crippen LogP contribution in [0.3, 0.4) is 0 Å². The van der Waals surface area contributed by atoms with Crippen molar-refractivity contribution < 1.29 is 18.6 Å². The molecule has 0 bridgehead atoms. The Morgan fingerprint density at radius 1 is 1.25 bits per heavy atom. The molecule has 1 N–H and O–H groups in total. The number of rotatable bonds is 5. The summed E-state index contributed by atoms with van der Waals surface area (Å²) < 4.78 is 32.4. The van der Waals surface area contributed by atoms with Crippen molar-refractivity contribution in [1.82, 2.24) is 0 Å². The van der Waals surface area contributed by atoms with Gasteiger partial charge in [0.05, 0.1) is 6.10 Å². The first-order valence-electron chi connectivity index (χ1n) is 7.38. The van der Waals surface area contributed by atoms with E-state index in [0.717, 1.165) is 31.7 Å². The van der Waals surface area contributed by atoms with Gasteiger partial charge in [0, 0.05) is 18.2 Å². The number of ether oxygens (including phenoxy) is 1. The van der Waals surface area contributed by atoms with E-state index >= 15 is 0 Å². The zero-order valence-corrected chi connectivity index (χ0v) is 11.8. The maximum absolute atomic E-state index is 13.8. The topological polar surface area (TPSA) is 29.5 Å². The Morgan fingerprint density at radius 3 is 2.55 bits per heavy atom. The highest BCUT2D eigenvalue weighted by Crippen LogP contribution is 2.35. The molecule has 0 radical (unpaired) electrons. The Labute approximate surface area is 118 Å². The Bertz CT molecular complexity index is 430. The summed E-state index contributed by atoms with van der Waals surface area (Å²) in [4.78, 5) is 0. The molecule has 4 heteroatoms. The molecule has 0 heterocycles. The minimum Gasteiger partial charge on any atom is -0.386 e. The summed E-state index contributed by atoms with van der Waals surface area (Å²) in [5, 5.41) is 10.4. The monoisotopic (exact) mass is 284 g/mol. The molecule has 2 rings (SSSR count). The molecule has 1 aliphatic carbocycles. The van der Waals surface area contributed by atoms with Crippen LogP contribution in [0.4, 0.5) is 8.78 Å². The van der Waals surface area contributed by atoms with Crippen molar-refractivity contribution in [2.75, 3.05) is 6.61 Å². The maximum atomic E-state index is 13.8. The smallest absolute Gasteiger partial charge is 0.132 e. The van der Waals surface area contributed by atoms with Gasteiger partial charge < -0.3 is 9.84 Å². The molecule has 0 aromatic heterocycles. The first-order valence-corrected chi connectivity index (χ1v) is 7.38. The van der Waals surface area contributed by atoms with Gasteiger partial charge in [-0.15, -0.1) is 0 Å². The van der Waals surface area contributed by atoms with Gasteiger partial charge in [-0.3, -0.25) is 0 Å². The van der Waals surface area contributed by atoms with E-state index in [1.165, 1.54) is 18.6 Å². The molecule has 112 valence electrons. The van der Waals surface area contributed by atoms with Crippen molar-refractivity contribution in [3.05, 3.63) is 35.4 Å². The van der Waals surface area contributed by atoms with Gasteiger partial charge in [0.2, 0.25) is 0 Å². The van der Waals surface area contributed by atoms with Crippen molar-refractivity contribution in [2.45, 2.75) is 51.2 Å². The highest BCUT2D eigenvalue weighted by molar-refractivity contribution is 5.22. The van der Waals surface area contributed by atoms with E-state index in [1.54, 1.807) is 0 Å². The van der Waals surface area contributed by atoms with Gasteiger partial charge in [0.25, 0.3) is 0 Å². The summed E-state index contributed by atoms with van der Waals surface area (Å²) in [5.74, 6) is -1.11. The van der Waals surface area contributed by atoms with Crippen LogP contribution in [0, 0.1) is 17.6 Å². The second-order valence-corrected chi connectivity index (χ2v) is 5.43. The van der Waals surface area contributed by atoms with E-state index in [-0.39, 0.29) is 11.5 Å². The molecule has 0 aliphatic heterocycles. The van der Waals surface area contributed by atoms with E-state index in [1.807, 2.05) is 6.92 Å². The number of aliphatic hydroxyl groups excluding tert-OH is 1. The molecule has 1 aromatic rings. The second-order valence-electron chi connectivity index (χ2n) is 5.43. The molecular weight excluding hydrogens is 262 g/mol. The average Bonchev–Trinajstić information content (AvgIpc) is 2.45. The third kappa shape index (κ3) is 3.55. The summed E-state index contributed by atoms with van der Waals surface area (Å²) in [6, 6.07) is 3.29. The lowest BCUT2D eigenvalue weighted by molar-refractivity contribution is -0.0750. The van der Waals surface area contributed by atoms with Crippen molar-refractivity contribution >= 4 is 0 Å². The number of hydrogen-bond donors (Lipinski definition) is 1. The molecule has 1 aliphatic rings. The lowest BCUT2D eigenvalue weighted by Gasteiger charge is -2.33. The van der Waals surface area contributed by atoms with E-state index < -0.39 is 23.8 Å². The third-order valence-corrected chi connectivity index (χ3v) is 4.07. The molecule has 2 unspecified atom stereocenters. The first-order chi connectivity index (χ1) is 9.63. The fourth-order valence-electron chi connectivity index (χ4n) is 3.06. The second kappa shape index (κ2) is 7.14. The van der Waals surface area contributed by atoms with Gasteiger partial charge in [-0.1, -0.05) is 25.3 Å². The standard InChI is InChI=1S/C16H22F2O2/c1-2-20-16(11-6-4-3-5-7-11)15(19)13-9-8-12(17)10-14(13)18/h8-11,15-16,19H,2-7H2,1H3. The largest absolute Gasteiger partial charge is 0.386 e. The summed E-state index contributed by atoms with van der Waals surface area (Å²) in [7, 11) is 0. The van der Waals surface area contributed by atoms with Crippen LogP contribution < -0.4 is 0 Å². The minimum atomic E-state index is -1.04.